The Bertz CT molecular complexity index is 851. The maximum Gasteiger partial charge on any atom is 0.136 e. The average Bonchev–Trinajstić information content (AvgIpc) is 2.79. The quantitative estimate of drug-likeness (QED) is 0.469. The molecule has 142 valence electrons. The Morgan fingerprint density at radius 2 is 1.21 bits per heavy atom. The predicted molar refractivity (Wildman–Crippen MR) is 109 cm³/mol. The van der Waals surface area contributed by atoms with E-state index in [-0.39, 0.29) is 12.2 Å². The maximum atomic E-state index is 11.6. The average molecular weight is 372 g/mol. The van der Waals surface area contributed by atoms with Crippen molar-refractivity contribution in [1.82, 2.24) is 0 Å². The molecule has 0 radical (unpaired) electrons. The van der Waals surface area contributed by atoms with Crippen molar-refractivity contribution in [3.05, 3.63) is 120 Å². The topological polar surface area (TPSA) is 38.7 Å². The van der Waals surface area contributed by atoms with Crippen LogP contribution >= 0.6 is 0 Å². The SMILES string of the molecule is OC(CC[C@H]1C=C[C@@H](c2ccccc2)OO1)(c1ccccc1)c1ccccc1. The summed E-state index contributed by atoms with van der Waals surface area (Å²) < 4.78 is 0. The summed E-state index contributed by atoms with van der Waals surface area (Å²) in [7, 11) is 0. The van der Waals surface area contributed by atoms with Crippen LogP contribution in [0.2, 0.25) is 0 Å². The molecule has 3 heteroatoms. The van der Waals surface area contributed by atoms with Gasteiger partial charge in [0.1, 0.15) is 17.8 Å². The zero-order valence-corrected chi connectivity index (χ0v) is 15.6. The lowest BCUT2D eigenvalue weighted by atomic mass is 9.82. The second-order valence-electron chi connectivity index (χ2n) is 7.08. The highest BCUT2D eigenvalue weighted by Gasteiger charge is 2.32. The Morgan fingerprint density at radius 3 is 1.71 bits per heavy atom. The molecule has 1 aliphatic rings. The first-order chi connectivity index (χ1) is 13.8. The zero-order chi connectivity index (χ0) is 19.2. The molecule has 0 bridgehead atoms. The van der Waals surface area contributed by atoms with Gasteiger partial charge in [-0.15, -0.1) is 0 Å². The smallest absolute Gasteiger partial charge is 0.136 e. The van der Waals surface area contributed by atoms with E-state index >= 15 is 0 Å². The van der Waals surface area contributed by atoms with Crippen molar-refractivity contribution in [1.29, 1.82) is 0 Å². The summed E-state index contributed by atoms with van der Waals surface area (Å²) in [4.78, 5) is 11.2. The number of hydrogen-bond donors (Lipinski definition) is 1. The lowest BCUT2D eigenvalue weighted by Crippen LogP contribution is -2.29. The van der Waals surface area contributed by atoms with E-state index in [0.29, 0.717) is 12.8 Å². The molecule has 0 spiro atoms. The highest BCUT2D eigenvalue weighted by Crippen LogP contribution is 2.36. The molecule has 0 saturated heterocycles. The van der Waals surface area contributed by atoms with Gasteiger partial charge < -0.3 is 5.11 Å². The van der Waals surface area contributed by atoms with Crippen LogP contribution in [0.4, 0.5) is 0 Å². The minimum atomic E-state index is -1.07. The van der Waals surface area contributed by atoms with Gasteiger partial charge in [0.05, 0.1) is 0 Å². The van der Waals surface area contributed by atoms with Gasteiger partial charge in [-0.1, -0.05) is 97.1 Å². The first-order valence-corrected chi connectivity index (χ1v) is 9.64. The minimum Gasteiger partial charge on any atom is -0.380 e. The Hall–Kier alpha value is -2.72. The molecule has 3 aromatic rings. The molecule has 0 aromatic heterocycles. The van der Waals surface area contributed by atoms with Gasteiger partial charge >= 0.3 is 0 Å². The first-order valence-electron chi connectivity index (χ1n) is 9.64. The molecule has 4 rings (SSSR count). The summed E-state index contributed by atoms with van der Waals surface area (Å²) in [6.07, 6.45) is 4.82. The van der Waals surface area contributed by atoms with Crippen LogP contribution < -0.4 is 0 Å². The second kappa shape index (κ2) is 8.53. The molecule has 0 unspecified atom stereocenters. The van der Waals surface area contributed by atoms with Crippen LogP contribution in [0.3, 0.4) is 0 Å². The molecular weight excluding hydrogens is 348 g/mol. The monoisotopic (exact) mass is 372 g/mol. The molecule has 3 aromatic carbocycles. The van der Waals surface area contributed by atoms with E-state index in [1.807, 2.05) is 103 Å². The van der Waals surface area contributed by atoms with E-state index in [4.69, 9.17) is 9.78 Å². The molecule has 2 atom stereocenters. The third-order valence-corrected chi connectivity index (χ3v) is 5.20. The van der Waals surface area contributed by atoms with E-state index in [1.165, 1.54) is 0 Å². The van der Waals surface area contributed by atoms with Gasteiger partial charge in [-0.25, -0.2) is 9.78 Å². The molecule has 0 saturated carbocycles. The van der Waals surface area contributed by atoms with E-state index in [1.54, 1.807) is 0 Å². The van der Waals surface area contributed by atoms with Crippen LogP contribution in [-0.4, -0.2) is 11.2 Å². The molecule has 28 heavy (non-hydrogen) atoms. The van der Waals surface area contributed by atoms with E-state index < -0.39 is 5.60 Å². The normalized spacial score (nSPS) is 19.5. The fourth-order valence-electron chi connectivity index (χ4n) is 3.61. The van der Waals surface area contributed by atoms with Crippen molar-refractivity contribution in [3.8, 4) is 0 Å². The summed E-state index contributed by atoms with van der Waals surface area (Å²) in [6, 6.07) is 29.6. The first kappa shape index (κ1) is 18.6. The Labute approximate surface area is 165 Å². The molecular formula is C25H24O3. The van der Waals surface area contributed by atoms with Crippen molar-refractivity contribution >= 4 is 0 Å². The van der Waals surface area contributed by atoms with Crippen molar-refractivity contribution in [2.75, 3.05) is 0 Å². The van der Waals surface area contributed by atoms with E-state index in [0.717, 1.165) is 16.7 Å². The third-order valence-electron chi connectivity index (χ3n) is 5.20. The van der Waals surface area contributed by atoms with Gasteiger partial charge in [-0.05, 0) is 35.6 Å². The van der Waals surface area contributed by atoms with Crippen molar-refractivity contribution in [2.45, 2.75) is 30.7 Å². The maximum absolute atomic E-state index is 11.6. The van der Waals surface area contributed by atoms with Gasteiger partial charge in [-0.3, -0.25) is 0 Å². The number of benzene rings is 3. The molecule has 0 fully saturated rings. The van der Waals surface area contributed by atoms with Gasteiger partial charge in [0.15, 0.2) is 0 Å². The van der Waals surface area contributed by atoms with Crippen LogP contribution in [0, 0.1) is 0 Å². The van der Waals surface area contributed by atoms with Crippen LogP contribution in [0.15, 0.2) is 103 Å². The Balaban J connectivity index is 1.49. The van der Waals surface area contributed by atoms with Crippen LogP contribution in [-0.2, 0) is 15.4 Å². The van der Waals surface area contributed by atoms with Gasteiger partial charge in [-0.2, -0.15) is 0 Å². The zero-order valence-electron chi connectivity index (χ0n) is 15.6. The minimum absolute atomic E-state index is 0.195. The molecule has 1 N–H and O–H groups in total. The Morgan fingerprint density at radius 1 is 0.679 bits per heavy atom. The standard InChI is InChI=1S/C25H24O3/c26-25(21-12-6-2-7-13-21,22-14-8-3-9-15-22)19-18-23-16-17-24(28-27-23)20-10-4-1-5-11-20/h1-17,23-24,26H,18-19H2/t23-,24+/m1/s1. The number of aliphatic hydroxyl groups is 1. The van der Waals surface area contributed by atoms with E-state index in [9.17, 15) is 5.11 Å². The van der Waals surface area contributed by atoms with Gasteiger partial charge in [0, 0.05) is 0 Å². The Kier molecular flexibility index (Phi) is 5.68. The highest BCUT2D eigenvalue weighted by molar-refractivity contribution is 5.35. The molecule has 0 amide bonds. The number of hydrogen-bond acceptors (Lipinski definition) is 3. The summed E-state index contributed by atoms with van der Waals surface area (Å²) in [6.45, 7) is 0. The van der Waals surface area contributed by atoms with Crippen molar-refractivity contribution in [3.63, 3.8) is 0 Å². The van der Waals surface area contributed by atoms with Gasteiger partial charge in [0.25, 0.3) is 0 Å². The van der Waals surface area contributed by atoms with Crippen molar-refractivity contribution < 1.29 is 14.9 Å². The molecule has 0 aliphatic carbocycles. The molecule has 1 aliphatic heterocycles. The summed E-state index contributed by atoms with van der Waals surface area (Å²) in [5.74, 6) is 0. The predicted octanol–water partition coefficient (Wildman–Crippen LogP) is 5.33. The fraction of sp³-hybridized carbons (Fsp3) is 0.200. The van der Waals surface area contributed by atoms with E-state index in [2.05, 4.69) is 0 Å². The summed E-state index contributed by atoms with van der Waals surface area (Å²) in [5, 5.41) is 11.6. The van der Waals surface area contributed by atoms with Crippen LogP contribution in [0.1, 0.15) is 35.6 Å². The highest BCUT2D eigenvalue weighted by atomic mass is 17.2. The number of rotatable bonds is 6. The molecule has 1 heterocycles. The molecule has 3 nitrogen and oxygen atoms in total. The lowest BCUT2D eigenvalue weighted by Gasteiger charge is -2.31. The second-order valence-corrected chi connectivity index (χ2v) is 7.08. The van der Waals surface area contributed by atoms with Crippen molar-refractivity contribution in [2.24, 2.45) is 0 Å². The largest absolute Gasteiger partial charge is 0.380 e. The summed E-state index contributed by atoms with van der Waals surface area (Å²) >= 11 is 0. The fourth-order valence-corrected chi connectivity index (χ4v) is 3.61. The van der Waals surface area contributed by atoms with Crippen LogP contribution in [0.25, 0.3) is 0 Å². The lowest BCUT2D eigenvalue weighted by molar-refractivity contribution is -0.343. The summed E-state index contributed by atoms with van der Waals surface area (Å²) in [5.41, 5.74) is 1.74. The third kappa shape index (κ3) is 4.07. The van der Waals surface area contributed by atoms with Crippen LogP contribution in [0.5, 0.6) is 0 Å². The van der Waals surface area contributed by atoms with Gasteiger partial charge in [0.2, 0.25) is 0 Å².